The predicted molar refractivity (Wildman–Crippen MR) is 101 cm³/mol. The molecule has 6 heteroatoms. The molecule has 0 aromatic heterocycles. The van der Waals surface area contributed by atoms with Crippen LogP contribution in [0.2, 0.25) is 0 Å². The fraction of sp³-hybridized carbons (Fsp3) is 0.619. The molecule has 2 fully saturated rings. The molecule has 148 valence electrons. The van der Waals surface area contributed by atoms with Gasteiger partial charge in [-0.2, -0.15) is 0 Å². The van der Waals surface area contributed by atoms with E-state index < -0.39 is 11.4 Å². The summed E-state index contributed by atoms with van der Waals surface area (Å²) >= 11 is 0. The van der Waals surface area contributed by atoms with Crippen LogP contribution in [-0.4, -0.2) is 55.3 Å². The Labute approximate surface area is 160 Å². The van der Waals surface area contributed by atoms with E-state index in [1.165, 1.54) is 5.56 Å². The Morgan fingerprint density at radius 3 is 2.70 bits per heavy atom. The van der Waals surface area contributed by atoms with Crippen molar-refractivity contribution < 1.29 is 24.2 Å². The van der Waals surface area contributed by atoms with Gasteiger partial charge in [-0.15, -0.1) is 0 Å². The summed E-state index contributed by atoms with van der Waals surface area (Å²) in [5.41, 5.74) is 0.503. The Morgan fingerprint density at radius 1 is 1.26 bits per heavy atom. The second kappa shape index (κ2) is 8.74. The van der Waals surface area contributed by atoms with Gasteiger partial charge in [0, 0.05) is 26.6 Å². The molecule has 1 aromatic rings. The number of aliphatic carboxylic acids is 1. The third-order valence-electron chi connectivity index (χ3n) is 5.97. The van der Waals surface area contributed by atoms with Gasteiger partial charge >= 0.3 is 5.97 Å². The summed E-state index contributed by atoms with van der Waals surface area (Å²) in [6.45, 7) is 2.14. The van der Waals surface area contributed by atoms with Crippen LogP contribution in [-0.2, 0) is 20.7 Å². The minimum absolute atomic E-state index is 0.0449. The number of nitrogens with zero attached hydrogens (tertiary/aromatic N) is 1. The number of carboxylic acid groups (broad SMARTS) is 1. The molecule has 1 N–H and O–H groups in total. The molecule has 1 aliphatic heterocycles. The van der Waals surface area contributed by atoms with Crippen molar-refractivity contribution in [1.29, 1.82) is 0 Å². The topological polar surface area (TPSA) is 76.1 Å². The number of carbonyl (C=O) groups excluding carboxylic acids is 1. The summed E-state index contributed by atoms with van der Waals surface area (Å²) in [6, 6.07) is 7.91. The SMILES string of the molecule is COCCc1ccc(OCCCC(=O)N2C[C@@H]3CCC[C@@]3(C(=O)O)C2)cc1. The molecule has 6 nitrogen and oxygen atoms in total. The monoisotopic (exact) mass is 375 g/mol. The molecule has 1 saturated carbocycles. The first-order valence-corrected chi connectivity index (χ1v) is 9.77. The lowest BCUT2D eigenvalue weighted by Crippen LogP contribution is -2.37. The van der Waals surface area contributed by atoms with Crippen LogP contribution in [0.5, 0.6) is 5.75 Å². The first kappa shape index (κ1) is 19.7. The summed E-state index contributed by atoms with van der Waals surface area (Å²) in [5, 5.41) is 9.62. The highest BCUT2D eigenvalue weighted by Crippen LogP contribution is 2.48. The van der Waals surface area contributed by atoms with Crippen LogP contribution in [0.3, 0.4) is 0 Å². The van der Waals surface area contributed by atoms with Crippen molar-refractivity contribution in [2.45, 2.75) is 38.5 Å². The number of rotatable bonds is 9. The molecule has 1 amide bonds. The number of hydrogen-bond donors (Lipinski definition) is 1. The highest BCUT2D eigenvalue weighted by Gasteiger charge is 2.55. The average molecular weight is 375 g/mol. The molecule has 1 aliphatic carbocycles. The number of carbonyl (C=O) groups is 2. The Morgan fingerprint density at radius 2 is 2.04 bits per heavy atom. The van der Waals surface area contributed by atoms with Crippen LogP contribution < -0.4 is 4.74 Å². The van der Waals surface area contributed by atoms with Gasteiger partial charge in [0.2, 0.25) is 5.91 Å². The quantitative estimate of drug-likeness (QED) is 0.672. The largest absolute Gasteiger partial charge is 0.494 e. The number of carboxylic acids is 1. The maximum atomic E-state index is 12.5. The van der Waals surface area contributed by atoms with E-state index in [9.17, 15) is 14.7 Å². The maximum absolute atomic E-state index is 12.5. The smallest absolute Gasteiger partial charge is 0.311 e. The van der Waals surface area contributed by atoms with Gasteiger partial charge in [-0.1, -0.05) is 18.6 Å². The number of likely N-dealkylation sites (tertiary alicyclic amines) is 1. The van der Waals surface area contributed by atoms with Crippen LogP contribution >= 0.6 is 0 Å². The number of ether oxygens (including phenoxy) is 2. The molecular weight excluding hydrogens is 346 g/mol. The lowest BCUT2D eigenvalue weighted by Gasteiger charge is -2.23. The molecule has 1 saturated heterocycles. The van der Waals surface area contributed by atoms with Crippen molar-refractivity contribution in [3.63, 3.8) is 0 Å². The minimum atomic E-state index is -0.738. The molecule has 2 atom stereocenters. The summed E-state index contributed by atoms with van der Waals surface area (Å²) in [5.74, 6) is 0.220. The van der Waals surface area contributed by atoms with Gasteiger partial charge in [0.05, 0.1) is 18.6 Å². The normalized spacial score (nSPS) is 24.0. The Bertz CT molecular complexity index is 659. The standard InChI is InChI=1S/C21H29NO5/c1-26-13-10-16-6-8-18(9-7-16)27-12-3-5-19(23)22-14-17-4-2-11-21(17,15-22)20(24)25/h6-9,17H,2-5,10-15H2,1H3,(H,24,25)/t17-,21+/m0/s1. The number of fused-ring (bicyclic) bond motifs is 1. The van der Waals surface area contributed by atoms with Gasteiger partial charge < -0.3 is 19.5 Å². The van der Waals surface area contributed by atoms with Crippen molar-refractivity contribution in [2.24, 2.45) is 11.3 Å². The van der Waals surface area contributed by atoms with E-state index in [0.717, 1.165) is 25.0 Å². The van der Waals surface area contributed by atoms with E-state index in [1.807, 2.05) is 24.3 Å². The Kier molecular flexibility index (Phi) is 6.37. The Balaban J connectivity index is 1.39. The maximum Gasteiger partial charge on any atom is 0.311 e. The van der Waals surface area contributed by atoms with Crippen molar-refractivity contribution in [1.82, 2.24) is 4.90 Å². The van der Waals surface area contributed by atoms with Crippen molar-refractivity contribution in [2.75, 3.05) is 33.4 Å². The van der Waals surface area contributed by atoms with E-state index in [0.29, 0.717) is 45.6 Å². The van der Waals surface area contributed by atoms with Gasteiger partial charge in [0.15, 0.2) is 0 Å². The molecule has 3 rings (SSSR count). The fourth-order valence-electron chi connectivity index (χ4n) is 4.37. The van der Waals surface area contributed by atoms with E-state index in [1.54, 1.807) is 12.0 Å². The number of hydrogen-bond acceptors (Lipinski definition) is 4. The van der Waals surface area contributed by atoms with Crippen LogP contribution in [0.1, 0.15) is 37.7 Å². The zero-order chi connectivity index (χ0) is 19.3. The van der Waals surface area contributed by atoms with E-state index in [2.05, 4.69) is 0 Å². The van der Waals surface area contributed by atoms with E-state index in [4.69, 9.17) is 9.47 Å². The molecule has 2 aliphatic rings. The zero-order valence-corrected chi connectivity index (χ0v) is 16.0. The van der Waals surface area contributed by atoms with Crippen molar-refractivity contribution >= 4 is 11.9 Å². The molecule has 0 radical (unpaired) electrons. The molecule has 0 unspecified atom stereocenters. The van der Waals surface area contributed by atoms with Gasteiger partial charge in [-0.25, -0.2) is 0 Å². The predicted octanol–water partition coefficient (Wildman–Crippen LogP) is 2.75. The molecule has 27 heavy (non-hydrogen) atoms. The third-order valence-corrected chi connectivity index (χ3v) is 5.97. The second-order valence-electron chi connectivity index (χ2n) is 7.66. The molecule has 0 bridgehead atoms. The highest BCUT2D eigenvalue weighted by molar-refractivity contribution is 5.81. The molecule has 1 heterocycles. The molecule has 1 aromatic carbocycles. The summed E-state index contributed by atoms with van der Waals surface area (Å²) < 4.78 is 10.8. The molecular formula is C21H29NO5. The lowest BCUT2D eigenvalue weighted by atomic mass is 9.81. The first-order valence-electron chi connectivity index (χ1n) is 9.77. The van der Waals surface area contributed by atoms with Crippen LogP contribution in [0.25, 0.3) is 0 Å². The minimum Gasteiger partial charge on any atom is -0.494 e. The van der Waals surface area contributed by atoms with Gasteiger partial charge in [0.1, 0.15) is 5.75 Å². The second-order valence-corrected chi connectivity index (χ2v) is 7.66. The van der Waals surface area contributed by atoms with Crippen LogP contribution in [0.15, 0.2) is 24.3 Å². The first-order chi connectivity index (χ1) is 13.0. The highest BCUT2D eigenvalue weighted by atomic mass is 16.5. The molecule has 0 spiro atoms. The zero-order valence-electron chi connectivity index (χ0n) is 16.0. The summed E-state index contributed by atoms with van der Waals surface area (Å²) in [6.07, 6.45) is 4.47. The lowest BCUT2D eigenvalue weighted by molar-refractivity contribution is -0.149. The average Bonchev–Trinajstić information content (AvgIpc) is 3.23. The third kappa shape index (κ3) is 4.43. The van der Waals surface area contributed by atoms with Crippen molar-refractivity contribution in [3.05, 3.63) is 29.8 Å². The van der Waals surface area contributed by atoms with Crippen LogP contribution in [0, 0.1) is 11.3 Å². The fourth-order valence-corrected chi connectivity index (χ4v) is 4.37. The van der Waals surface area contributed by atoms with Crippen molar-refractivity contribution in [3.8, 4) is 5.75 Å². The number of benzene rings is 1. The van der Waals surface area contributed by atoms with E-state index in [-0.39, 0.29) is 11.8 Å². The van der Waals surface area contributed by atoms with Gasteiger partial charge in [-0.05, 0) is 49.3 Å². The summed E-state index contributed by atoms with van der Waals surface area (Å²) in [7, 11) is 1.69. The van der Waals surface area contributed by atoms with Gasteiger partial charge in [0.25, 0.3) is 0 Å². The Hall–Kier alpha value is -2.08. The summed E-state index contributed by atoms with van der Waals surface area (Å²) in [4.78, 5) is 25.9. The van der Waals surface area contributed by atoms with E-state index >= 15 is 0 Å². The number of methoxy groups -OCH3 is 1. The number of amides is 1. The van der Waals surface area contributed by atoms with Crippen LogP contribution in [0.4, 0.5) is 0 Å². The van der Waals surface area contributed by atoms with Gasteiger partial charge in [-0.3, -0.25) is 9.59 Å².